The molecule has 0 aromatic heterocycles. The molecule has 0 bridgehead atoms. The molecule has 2 fully saturated rings. The van der Waals surface area contributed by atoms with E-state index in [1.807, 2.05) is 24.3 Å². The molecule has 2 aromatic rings. The Kier molecular flexibility index (Phi) is 7.77. The van der Waals surface area contributed by atoms with Gasteiger partial charge in [0.05, 0.1) is 29.9 Å². The van der Waals surface area contributed by atoms with E-state index in [0.717, 1.165) is 31.2 Å². The van der Waals surface area contributed by atoms with Crippen LogP contribution in [0.15, 0.2) is 36.4 Å². The summed E-state index contributed by atoms with van der Waals surface area (Å²) in [7, 11) is 1.32. The predicted octanol–water partition coefficient (Wildman–Crippen LogP) is 1.92. The van der Waals surface area contributed by atoms with Crippen LogP contribution in [-0.2, 0) is 28.1 Å². The van der Waals surface area contributed by atoms with Crippen molar-refractivity contribution in [2.75, 3.05) is 13.7 Å². The summed E-state index contributed by atoms with van der Waals surface area (Å²) in [5, 5.41) is 51.6. The van der Waals surface area contributed by atoms with E-state index in [1.54, 1.807) is 12.1 Å². The monoisotopic (exact) mass is 483 g/mol. The highest BCUT2D eigenvalue weighted by molar-refractivity contribution is 5.52. The van der Waals surface area contributed by atoms with E-state index in [-0.39, 0.29) is 6.10 Å². The van der Waals surface area contributed by atoms with Gasteiger partial charge in [-0.25, -0.2) is 0 Å². The highest BCUT2D eigenvalue weighted by Crippen LogP contribution is 2.45. The standard InChI is InChI=1S/C27H33NO7/c1-3-16-7-9-17(10-8-16)11-18-12-21(22(13-19(18)14-28)34-20-5-4-6-20)27(33-2)26(32)25(31)24(30)23(15-29)35-27/h7-10,12-13,20,23-26,29-32H,3-6,11,15H2,1-2H3/t23-,24-,25+,26-,27+/m1/s1. The molecule has 35 heavy (non-hydrogen) atoms. The van der Waals surface area contributed by atoms with Gasteiger partial charge in [-0.05, 0) is 60.9 Å². The summed E-state index contributed by atoms with van der Waals surface area (Å²) in [6.45, 7) is 1.49. The molecule has 0 amide bonds. The van der Waals surface area contributed by atoms with Crippen LogP contribution in [-0.4, -0.2) is 64.7 Å². The van der Waals surface area contributed by atoms with Crippen LogP contribution >= 0.6 is 0 Å². The van der Waals surface area contributed by atoms with E-state index in [9.17, 15) is 25.7 Å². The molecule has 1 saturated heterocycles. The second-order valence-corrected chi connectivity index (χ2v) is 9.27. The summed E-state index contributed by atoms with van der Waals surface area (Å²) in [6, 6.07) is 13.7. The van der Waals surface area contributed by atoms with Crippen molar-refractivity contribution in [1.29, 1.82) is 5.26 Å². The minimum atomic E-state index is -1.93. The van der Waals surface area contributed by atoms with E-state index >= 15 is 0 Å². The summed E-state index contributed by atoms with van der Waals surface area (Å²) in [6.07, 6.45) is -1.98. The third-order valence-electron chi connectivity index (χ3n) is 7.13. The fourth-order valence-corrected chi connectivity index (χ4v) is 4.67. The number of ether oxygens (including phenoxy) is 3. The molecular formula is C27H33NO7. The highest BCUT2D eigenvalue weighted by atomic mass is 16.7. The van der Waals surface area contributed by atoms with Crippen molar-refractivity contribution >= 4 is 0 Å². The quantitative estimate of drug-likeness (QED) is 0.448. The van der Waals surface area contributed by atoms with Crippen LogP contribution in [0.5, 0.6) is 5.75 Å². The van der Waals surface area contributed by atoms with E-state index in [0.29, 0.717) is 28.9 Å². The van der Waals surface area contributed by atoms with Crippen LogP contribution in [0, 0.1) is 11.3 Å². The zero-order valence-corrected chi connectivity index (χ0v) is 20.1. The molecule has 1 aliphatic carbocycles. The molecule has 8 heteroatoms. The van der Waals surface area contributed by atoms with Crippen LogP contribution in [0.4, 0.5) is 0 Å². The average Bonchev–Trinajstić information content (AvgIpc) is 2.86. The topological polar surface area (TPSA) is 132 Å². The molecular weight excluding hydrogens is 450 g/mol. The Morgan fingerprint density at radius 2 is 1.77 bits per heavy atom. The van der Waals surface area contributed by atoms with Gasteiger partial charge in [-0.1, -0.05) is 31.2 Å². The second-order valence-electron chi connectivity index (χ2n) is 9.27. The lowest BCUT2D eigenvalue weighted by Crippen LogP contribution is -2.64. The molecule has 188 valence electrons. The summed E-state index contributed by atoms with van der Waals surface area (Å²) < 4.78 is 17.8. The number of aliphatic hydroxyl groups excluding tert-OH is 4. The van der Waals surface area contributed by atoms with Crippen LogP contribution in [0.1, 0.15) is 54.0 Å². The zero-order chi connectivity index (χ0) is 25.2. The number of nitrogens with zero attached hydrogens (tertiary/aromatic N) is 1. The van der Waals surface area contributed by atoms with Crippen LogP contribution < -0.4 is 4.74 Å². The van der Waals surface area contributed by atoms with E-state index in [2.05, 4.69) is 13.0 Å². The first-order valence-corrected chi connectivity index (χ1v) is 12.1. The predicted molar refractivity (Wildman–Crippen MR) is 127 cm³/mol. The maximum absolute atomic E-state index is 11.1. The number of hydrogen-bond donors (Lipinski definition) is 4. The fourth-order valence-electron chi connectivity index (χ4n) is 4.67. The van der Waals surface area contributed by atoms with E-state index in [4.69, 9.17) is 14.2 Å². The fraction of sp³-hybridized carbons (Fsp3) is 0.519. The van der Waals surface area contributed by atoms with Crippen molar-refractivity contribution in [3.05, 3.63) is 64.2 Å². The maximum atomic E-state index is 11.1. The van der Waals surface area contributed by atoms with Gasteiger partial charge in [0.1, 0.15) is 30.2 Å². The van der Waals surface area contributed by atoms with Gasteiger partial charge in [-0.3, -0.25) is 0 Å². The SMILES string of the molecule is CCc1ccc(Cc2cc([C@]3(OC)O[C@H](CO)[C@@H](O)[C@H](O)[C@H]3O)c(OC3CCC3)cc2C#N)cc1. The van der Waals surface area contributed by atoms with Crippen molar-refractivity contribution in [3.8, 4) is 11.8 Å². The van der Waals surface area contributed by atoms with Gasteiger partial charge in [0.2, 0.25) is 5.79 Å². The number of nitriles is 1. The van der Waals surface area contributed by atoms with Gasteiger partial charge in [0, 0.05) is 7.11 Å². The maximum Gasteiger partial charge on any atom is 0.228 e. The van der Waals surface area contributed by atoms with Crippen LogP contribution in [0.25, 0.3) is 0 Å². The minimum Gasteiger partial charge on any atom is -0.490 e. The lowest BCUT2D eigenvalue weighted by atomic mass is 9.85. The second kappa shape index (κ2) is 10.6. The lowest BCUT2D eigenvalue weighted by Gasteiger charge is -2.48. The van der Waals surface area contributed by atoms with E-state index < -0.39 is 36.8 Å². The average molecular weight is 484 g/mol. The molecule has 0 radical (unpaired) electrons. The van der Waals surface area contributed by atoms with Gasteiger partial charge in [0.15, 0.2) is 0 Å². The van der Waals surface area contributed by atoms with Gasteiger partial charge < -0.3 is 34.6 Å². The van der Waals surface area contributed by atoms with Crippen molar-refractivity contribution in [2.24, 2.45) is 0 Å². The van der Waals surface area contributed by atoms with E-state index in [1.165, 1.54) is 12.7 Å². The number of benzene rings is 2. The molecule has 2 aliphatic rings. The Hall–Kier alpha value is -2.51. The molecule has 0 unspecified atom stereocenters. The molecule has 4 rings (SSSR count). The molecule has 8 nitrogen and oxygen atoms in total. The van der Waals surface area contributed by atoms with Crippen molar-refractivity contribution in [2.45, 2.75) is 75.3 Å². The number of hydrogen-bond acceptors (Lipinski definition) is 8. The molecule has 1 saturated carbocycles. The highest BCUT2D eigenvalue weighted by Gasteiger charge is 2.56. The van der Waals surface area contributed by atoms with Gasteiger partial charge in [-0.2, -0.15) is 5.26 Å². The summed E-state index contributed by atoms with van der Waals surface area (Å²) in [5.41, 5.74) is 3.58. The summed E-state index contributed by atoms with van der Waals surface area (Å²) >= 11 is 0. The first kappa shape index (κ1) is 25.6. The molecule has 1 heterocycles. The lowest BCUT2D eigenvalue weighted by molar-refractivity contribution is -0.366. The number of rotatable bonds is 8. The first-order valence-electron chi connectivity index (χ1n) is 12.1. The smallest absolute Gasteiger partial charge is 0.228 e. The van der Waals surface area contributed by atoms with Crippen LogP contribution in [0.2, 0.25) is 0 Å². The Morgan fingerprint density at radius 1 is 1.09 bits per heavy atom. The number of aliphatic hydroxyl groups is 4. The van der Waals surface area contributed by atoms with Crippen LogP contribution in [0.3, 0.4) is 0 Å². The zero-order valence-electron chi connectivity index (χ0n) is 20.1. The third-order valence-corrected chi connectivity index (χ3v) is 7.13. The Morgan fingerprint density at radius 3 is 2.31 bits per heavy atom. The Labute approximate surface area is 205 Å². The third kappa shape index (κ3) is 4.81. The summed E-state index contributed by atoms with van der Waals surface area (Å²) in [4.78, 5) is 0. The van der Waals surface area contributed by atoms with Gasteiger partial charge in [0.25, 0.3) is 0 Å². The minimum absolute atomic E-state index is 0.0495. The Bertz CT molecular complexity index is 1060. The molecule has 2 aromatic carbocycles. The molecule has 1 aliphatic heterocycles. The van der Waals surface area contributed by atoms with Crippen molar-refractivity contribution in [3.63, 3.8) is 0 Å². The largest absolute Gasteiger partial charge is 0.490 e. The summed E-state index contributed by atoms with van der Waals surface area (Å²) in [5.74, 6) is -1.63. The normalized spacial score (nSPS) is 28.8. The molecule has 0 spiro atoms. The van der Waals surface area contributed by atoms with Crippen molar-refractivity contribution in [1.82, 2.24) is 0 Å². The van der Waals surface area contributed by atoms with Gasteiger partial charge >= 0.3 is 0 Å². The first-order chi connectivity index (χ1) is 16.9. The number of aryl methyl sites for hydroxylation is 1. The molecule has 5 atom stereocenters. The van der Waals surface area contributed by atoms with Crippen molar-refractivity contribution < 1.29 is 34.6 Å². The number of methoxy groups -OCH3 is 1. The Balaban J connectivity index is 1.83. The van der Waals surface area contributed by atoms with Gasteiger partial charge in [-0.15, -0.1) is 0 Å². The molecule has 4 N–H and O–H groups in total.